The van der Waals surface area contributed by atoms with E-state index in [9.17, 15) is 0 Å². The second-order valence-corrected chi connectivity index (χ2v) is 6.20. The fraction of sp³-hybridized carbons (Fsp3) is 1.00. The van der Waals surface area contributed by atoms with Crippen LogP contribution in [0.5, 0.6) is 0 Å². The smallest absolute Gasteiger partial charge is 0.00978 e. The molecule has 0 aromatic carbocycles. The van der Waals surface area contributed by atoms with Crippen molar-refractivity contribution in [3.8, 4) is 0 Å². The van der Waals surface area contributed by atoms with Crippen LogP contribution >= 0.6 is 0 Å². The number of nitrogens with one attached hydrogen (secondary N) is 1. The third-order valence-electron chi connectivity index (χ3n) is 5.35. The molecule has 0 heterocycles. The van der Waals surface area contributed by atoms with Crippen LogP contribution in [0, 0.1) is 5.92 Å². The molecule has 2 unspecified atom stereocenters. The van der Waals surface area contributed by atoms with Crippen LogP contribution in [-0.2, 0) is 0 Å². The molecular formula is C15H30N2. The molecule has 0 saturated heterocycles. The van der Waals surface area contributed by atoms with Crippen LogP contribution in [0.4, 0.5) is 0 Å². The maximum absolute atomic E-state index is 3.43. The van der Waals surface area contributed by atoms with Gasteiger partial charge in [0.25, 0.3) is 0 Å². The second-order valence-electron chi connectivity index (χ2n) is 6.20. The van der Waals surface area contributed by atoms with Crippen molar-refractivity contribution >= 4 is 0 Å². The fourth-order valence-electron chi connectivity index (χ4n) is 3.86. The van der Waals surface area contributed by atoms with Gasteiger partial charge in [-0.2, -0.15) is 0 Å². The third kappa shape index (κ3) is 3.23. The van der Waals surface area contributed by atoms with E-state index >= 15 is 0 Å². The minimum absolute atomic E-state index is 0.784. The summed E-state index contributed by atoms with van der Waals surface area (Å²) in [7, 11) is 4.49. The van der Waals surface area contributed by atoms with Gasteiger partial charge in [0.15, 0.2) is 0 Å². The van der Waals surface area contributed by atoms with Crippen LogP contribution in [0.25, 0.3) is 0 Å². The summed E-state index contributed by atoms with van der Waals surface area (Å²) < 4.78 is 0. The minimum atomic E-state index is 0.784. The average molecular weight is 238 g/mol. The van der Waals surface area contributed by atoms with E-state index in [-0.39, 0.29) is 0 Å². The molecule has 2 fully saturated rings. The molecule has 2 atom stereocenters. The molecule has 0 aromatic rings. The van der Waals surface area contributed by atoms with E-state index in [1.807, 2.05) is 0 Å². The lowest BCUT2D eigenvalue weighted by atomic mass is 9.89. The van der Waals surface area contributed by atoms with Crippen molar-refractivity contribution in [3.05, 3.63) is 0 Å². The Hall–Kier alpha value is -0.0800. The summed E-state index contributed by atoms with van der Waals surface area (Å²) in [6, 6.07) is 2.53. The van der Waals surface area contributed by atoms with Gasteiger partial charge in [0.2, 0.25) is 0 Å². The summed E-state index contributed by atoms with van der Waals surface area (Å²) in [6.45, 7) is 2.35. The van der Waals surface area contributed by atoms with Gasteiger partial charge in [-0.3, -0.25) is 0 Å². The van der Waals surface area contributed by atoms with E-state index < -0.39 is 0 Å². The first-order chi connectivity index (χ1) is 8.24. The largest absolute Gasteiger partial charge is 0.317 e. The molecule has 0 aromatic heterocycles. The Bertz CT molecular complexity index is 221. The summed E-state index contributed by atoms with van der Waals surface area (Å²) in [4.78, 5) is 2.72. The van der Waals surface area contributed by atoms with Crippen LogP contribution < -0.4 is 5.32 Å². The number of nitrogens with zero attached hydrogens (tertiary/aromatic N) is 1. The van der Waals surface area contributed by atoms with Crippen LogP contribution in [0.3, 0.4) is 0 Å². The Kier molecular flexibility index (Phi) is 4.87. The predicted molar refractivity (Wildman–Crippen MR) is 74.3 cm³/mol. The molecule has 2 aliphatic carbocycles. The van der Waals surface area contributed by atoms with Crippen molar-refractivity contribution in [2.45, 2.75) is 76.4 Å². The van der Waals surface area contributed by atoms with Gasteiger partial charge >= 0.3 is 0 Å². The molecule has 2 aliphatic rings. The molecule has 0 spiro atoms. The normalized spacial score (nSPS) is 38.8. The zero-order valence-corrected chi connectivity index (χ0v) is 11.9. The summed E-state index contributed by atoms with van der Waals surface area (Å²) in [5.74, 6) is 1.01. The Morgan fingerprint density at radius 3 is 2.18 bits per heavy atom. The van der Waals surface area contributed by atoms with Crippen LogP contribution in [0.2, 0.25) is 0 Å². The maximum atomic E-state index is 3.43. The third-order valence-corrected chi connectivity index (χ3v) is 5.35. The highest BCUT2D eigenvalue weighted by molar-refractivity contribution is 4.87. The van der Waals surface area contributed by atoms with Crippen LogP contribution in [0.15, 0.2) is 0 Å². The first kappa shape index (κ1) is 13.4. The number of rotatable bonds is 4. The molecule has 17 heavy (non-hydrogen) atoms. The van der Waals surface area contributed by atoms with E-state index in [4.69, 9.17) is 0 Å². The van der Waals surface area contributed by atoms with Gasteiger partial charge in [0.1, 0.15) is 0 Å². The van der Waals surface area contributed by atoms with E-state index in [1.54, 1.807) is 0 Å². The lowest BCUT2D eigenvalue weighted by Crippen LogP contribution is -2.43. The lowest BCUT2D eigenvalue weighted by Gasteiger charge is -2.38. The Balaban J connectivity index is 1.78. The number of hydrogen-bond acceptors (Lipinski definition) is 2. The van der Waals surface area contributed by atoms with E-state index in [0.29, 0.717) is 0 Å². The summed E-state index contributed by atoms with van der Waals surface area (Å²) in [5.41, 5.74) is 0. The standard InChI is InChI=1S/C15H30N2/c1-4-12-5-8-15(11-12)17(3)14-9-6-13(16-2)7-10-14/h12-16H,4-11H2,1-3H3. The Labute approximate surface area is 107 Å². The first-order valence-corrected chi connectivity index (χ1v) is 7.63. The van der Waals surface area contributed by atoms with E-state index in [0.717, 1.165) is 24.0 Å². The molecule has 1 N–H and O–H groups in total. The molecule has 2 nitrogen and oxygen atoms in total. The maximum Gasteiger partial charge on any atom is 0.00978 e. The van der Waals surface area contributed by atoms with Crippen molar-refractivity contribution in [2.24, 2.45) is 5.92 Å². The van der Waals surface area contributed by atoms with Crippen molar-refractivity contribution in [3.63, 3.8) is 0 Å². The van der Waals surface area contributed by atoms with Gasteiger partial charge in [-0.25, -0.2) is 0 Å². The highest BCUT2D eigenvalue weighted by atomic mass is 15.2. The van der Waals surface area contributed by atoms with Crippen molar-refractivity contribution in [1.82, 2.24) is 10.2 Å². The van der Waals surface area contributed by atoms with Crippen LogP contribution in [-0.4, -0.2) is 37.1 Å². The summed E-state index contributed by atoms with van der Waals surface area (Å²) in [6.07, 6.45) is 11.3. The SMILES string of the molecule is CCC1CCC(N(C)C2CCC(NC)CC2)C1. The van der Waals surface area contributed by atoms with Gasteiger partial charge < -0.3 is 10.2 Å². The molecule has 0 bridgehead atoms. The van der Waals surface area contributed by atoms with Gasteiger partial charge in [0.05, 0.1) is 0 Å². The second kappa shape index (κ2) is 6.19. The Morgan fingerprint density at radius 2 is 1.65 bits per heavy atom. The molecule has 0 aliphatic heterocycles. The highest BCUT2D eigenvalue weighted by Gasteiger charge is 2.31. The summed E-state index contributed by atoms with van der Waals surface area (Å²) >= 11 is 0. The van der Waals surface area contributed by atoms with Gasteiger partial charge in [-0.1, -0.05) is 13.3 Å². The van der Waals surface area contributed by atoms with Gasteiger partial charge in [-0.15, -0.1) is 0 Å². The first-order valence-electron chi connectivity index (χ1n) is 7.63. The molecule has 100 valence electrons. The monoisotopic (exact) mass is 238 g/mol. The molecule has 0 radical (unpaired) electrons. The predicted octanol–water partition coefficient (Wildman–Crippen LogP) is 3.03. The zero-order valence-electron chi connectivity index (χ0n) is 11.9. The minimum Gasteiger partial charge on any atom is -0.317 e. The van der Waals surface area contributed by atoms with Gasteiger partial charge in [-0.05, 0) is 65.0 Å². The van der Waals surface area contributed by atoms with Crippen molar-refractivity contribution < 1.29 is 0 Å². The van der Waals surface area contributed by atoms with Crippen LogP contribution in [0.1, 0.15) is 58.3 Å². The van der Waals surface area contributed by atoms with Crippen molar-refractivity contribution in [1.29, 1.82) is 0 Å². The quantitative estimate of drug-likeness (QED) is 0.810. The van der Waals surface area contributed by atoms with E-state index in [2.05, 4.69) is 31.2 Å². The molecule has 2 saturated carbocycles. The highest BCUT2D eigenvalue weighted by Crippen LogP contribution is 2.34. The molecular weight excluding hydrogens is 208 g/mol. The fourth-order valence-corrected chi connectivity index (χ4v) is 3.86. The lowest BCUT2D eigenvalue weighted by molar-refractivity contribution is 0.127. The van der Waals surface area contributed by atoms with Gasteiger partial charge in [0, 0.05) is 18.1 Å². The average Bonchev–Trinajstić information content (AvgIpc) is 2.87. The van der Waals surface area contributed by atoms with E-state index in [1.165, 1.54) is 51.4 Å². The van der Waals surface area contributed by atoms with Crippen molar-refractivity contribution in [2.75, 3.05) is 14.1 Å². The molecule has 0 amide bonds. The topological polar surface area (TPSA) is 15.3 Å². The summed E-state index contributed by atoms with van der Waals surface area (Å²) in [5, 5.41) is 3.43. The Morgan fingerprint density at radius 1 is 1.00 bits per heavy atom. The molecule has 2 rings (SSSR count). The zero-order chi connectivity index (χ0) is 12.3. The number of hydrogen-bond donors (Lipinski definition) is 1. The molecule has 2 heteroatoms.